The first-order valence-electron chi connectivity index (χ1n) is 12.7. The largest absolute Gasteiger partial charge is 0.504 e. The van der Waals surface area contributed by atoms with Crippen molar-refractivity contribution < 1.29 is 30.0 Å². The van der Waals surface area contributed by atoms with Crippen LogP contribution in [0, 0.1) is 11.8 Å². The fourth-order valence-electron chi connectivity index (χ4n) is 4.71. The van der Waals surface area contributed by atoms with Crippen molar-refractivity contribution >= 4 is 5.78 Å². The number of carbonyl (C=O) groups is 1. The van der Waals surface area contributed by atoms with Gasteiger partial charge in [-0.1, -0.05) is 39.3 Å². The number of phenolic OH excluding ortho intramolecular Hbond substituents is 3. The van der Waals surface area contributed by atoms with Crippen molar-refractivity contribution in [2.45, 2.75) is 84.2 Å². The predicted molar refractivity (Wildman–Crippen MR) is 138 cm³/mol. The van der Waals surface area contributed by atoms with E-state index in [1.54, 1.807) is 12.1 Å². The molecule has 0 heterocycles. The fraction of sp³-hybridized carbons (Fsp3) is 0.552. The lowest BCUT2D eigenvalue weighted by Crippen LogP contribution is -2.17. The van der Waals surface area contributed by atoms with Crippen LogP contribution < -0.4 is 4.74 Å². The first-order valence-corrected chi connectivity index (χ1v) is 12.7. The molecule has 6 nitrogen and oxygen atoms in total. The Bertz CT molecular complexity index is 939. The van der Waals surface area contributed by atoms with Gasteiger partial charge in [0.2, 0.25) is 0 Å². The highest BCUT2D eigenvalue weighted by atomic mass is 16.5. The molecule has 4 N–H and O–H groups in total. The summed E-state index contributed by atoms with van der Waals surface area (Å²) in [4.78, 5) is 12.9. The number of aromatic hydroxyl groups is 3. The summed E-state index contributed by atoms with van der Waals surface area (Å²) in [6.07, 6.45) is 4.62. The summed E-state index contributed by atoms with van der Waals surface area (Å²) < 4.78 is 5.29. The number of aliphatic hydroxyl groups excluding tert-OH is 1. The molecule has 35 heavy (non-hydrogen) atoms. The Hall–Kier alpha value is -2.73. The predicted octanol–water partition coefficient (Wildman–Crippen LogP) is 6.09. The minimum atomic E-state index is -0.780. The van der Waals surface area contributed by atoms with E-state index in [1.165, 1.54) is 19.2 Å². The van der Waals surface area contributed by atoms with Crippen molar-refractivity contribution in [1.82, 2.24) is 0 Å². The Morgan fingerprint density at radius 2 is 1.63 bits per heavy atom. The van der Waals surface area contributed by atoms with Crippen LogP contribution in [0.2, 0.25) is 0 Å². The van der Waals surface area contributed by atoms with E-state index >= 15 is 0 Å². The van der Waals surface area contributed by atoms with Gasteiger partial charge in [0.25, 0.3) is 0 Å². The lowest BCUT2D eigenvalue weighted by molar-refractivity contribution is -0.121. The number of methoxy groups -OCH3 is 1. The minimum Gasteiger partial charge on any atom is -0.504 e. The normalized spacial score (nSPS) is 14.0. The summed E-state index contributed by atoms with van der Waals surface area (Å²) in [5.41, 5.74) is 1.75. The Balaban J connectivity index is 2.03. The van der Waals surface area contributed by atoms with Crippen LogP contribution in [-0.4, -0.2) is 39.4 Å². The van der Waals surface area contributed by atoms with E-state index in [0.29, 0.717) is 36.8 Å². The molecule has 0 amide bonds. The Labute approximate surface area is 209 Å². The summed E-state index contributed by atoms with van der Waals surface area (Å²) in [5, 5.41) is 39.6. The smallest absolute Gasteiger partial charge is 0.160 e. The quantitative estimate of drug-likeness (QED) is 0.227. The molecule has 0 fully saturated rings. The Morgan fingerprint density at radius 1 is 0.914 bits per heavy atom. The standard InChI is InChI=1S/C29H42O6/c1-5-20(14-19(2)3)6-9-22(23-10-13-27(33)29(17-23)35-4)16-25(31)18-24(30)11-7-21-8-12-26(32)28(34)15-21/h8,10,12-13,15,17,19-20,22,24,30,32-34H,5-7,9,11,14,16,18H2,1-4H3/t20-,22-,24-/m1/s1. The highest BCUT2D eigenvalue weighted by Crippen LogP contribution is 2.35. The number of hydrogen-bond acceptors (Lipinski definition) is 6. The summed E-state index contributed by atoms with van der Waals surface area (Å²) in [5.74, 6) is 1.30. The molecule has 194 valence electrons. The van der Waals surface area contributed by atoms with E-state index < -0.39 is 6.10 Å². The summed E-state index contributed by atoms with van der Waals surface area (Å²) in [6, 6.07) is 9.86. The first kappa shape index (κ1) is 28.5. The van der Waals surface area contributed by atoms with E-state index in [2.05, 4.69) is 20.8 Å². The van der Waals surface area contributed by atoms with Crippen LogP contribution in [-0.2, 0) is 11.2 Å². The maximum absolute atomic E-state index is 12.9. The highest BCUT2D eigenvalue weighted by molar-refractivity contribution is 5.79. The number of hydrogen-bond donors (Lipinski definition) is 4. The number of aliphatic hydroxyl groups is 1. The molecule has 0 unspecified atom stereocenters. The van der Waals surface area contributed by atoms with E-state index in [4.69, 9.17) is 4.74 Å². The minimum absolute atomic E-state index is 0.00000299. The monoisotopic (exact) mass is 486 g/mol. The maximum atomic E-state index is 12.9. The van der Waals surface area contributed by atoms with E-state index in [0.717, 1.165) is 36.8 Å². The van der Waals surface area contributed by atoms with Crippen LogP contribution in [0.1, 0.15) is 82.8 Å². The van der Waals surface area contributed by atoms with E-state index in [-0.39, 0.29) is 35.4 Å². The molecule has 0 aliphatic heterocycles. The average molecular weight is 487 g/mol. The molecule has 0 aromatic heterocycles. The number of aryl methyl sites for hydroxylation is 1. The van der Waals surface area contributed by atoms with Gasteiger partial charge < -0.3 is 25.2 Å². The average Bonchev–Trinajstić information content (AvgIpc) is 2.81. The molecule has 2 aromatic rings. The van der Waals surface area contributed by atoms with Gasteiger partial charge in [0, 0.05) is 12.8 Å². The molecule has 0 aliphatic rings. The highest BCUT2D eigenvalue weighted by Gasteiger charge is 2.22. The van der Waals surface area contributed by atoms with Crippen molar-refractivity contribution in [1.29, 1.82) is 0 Å². The number of benzene rings is 2. The number of ketones is 1. The molecular formula is C29H42O6. The molecule has 2 aromatic carbocycles. The number of phenols is 3. The Morgan fingerprint density at radius 3 is 2.26 bits per heavy atom. The number of Topliss-reactive ketones (excluding diaryl/α,β-unsaturated/α-hetero) is 1. The van der Waals surface area contributed by atoms with Gasteiger partial charge >= 0.3 is 0 Å². The summed E-state index contributed by atoms with van der Waals surface area (Å²) in [6.45, 7) is 6.67. The molecule has 0 radical (unpaired) electrons. The van der Waals surface area contributed by atoms with Gasteiger partial charge in [0.05, 0.1) is 13.2 Å². The van der Waals surface area contributed by atoms with Crippen LogP contribution >= 0.6 is 0 Å². The summed E-state index contributed by atoms with van der Waals surface area (Å²) in [7, 11) is 1.51. The second-order valence-corrected chi connectivity index (χ2v) is 10.1. The number of ether oxygens (including phenoxy) is 1. The summed E-state index contributed by atoms with van der Waals surface area (Å²) >= 11 is 0. The molecule has 0 bridgehead atoms. The number of carbonyl (C=O) groups excluding carboxylic acids is 1. The van der Waals surface area contributed by atoms with Gasteiger partial charge in [-0.05, 0) is 85.3 Å². The van der Waals surface area contributed by atoms with Crippen LogP contribution in [0.25, 0.3) is 0 Å². The zero-order chi connectivity index (χ0) is 26.0. The van der Waals surface area contributed by atoms with Crippen molar-refractivity contribution in [3.05, 3.63) is 47.5 Å². The maximum Gasteiger partial charge on any atom is 0.160 e. The Kier molecular flexibility index (Phi) is 11.4. The zero-order valence-corrected chi connectivity index (χ0v) is 21.5. The molecule has 0 spiro atoms. The lowest BCUT2D eigenvalue weighted by Gasteiger charge is -2.23. The molecule has 0 saturated heterocycles. The van der Waals surface area contributed by atoms with Gasteiger partial charge in [-0.25, -0.2) is 0 Å². The SMILES string of the molecule is CC[C@H](CC[C@H](CC(=O)C[C@H](O)CCc1ccc(O)c(O)c1)c1ccc(O)c(OC)c1)CC(C)C. The van der Waals surface area contributed by atoms with Crippen molar-refractivity contribution in [3.8, 4) is 23.0 Å². The fourth-order valence-corrected chi connectivity index (χ4v) is 4.71. The molecule has 3 atom stereocenters. The van der Waals surface area contributed by atoms with Crippen LogP contribution in [0.3, 0.4) is 0 Å². The molecular weight excluding hydrogens is 444 g/mol. The third kappa shape index (κ3) is 9.44. The third-order valence-electron chi connectivity index (χ3n) is 6.72. The molecule has 0 saturated carbocycles. The first-order chi connectivity index (χ1) is 16.6. The van der Waals surface area contributed by atoms with Crippen molar-refractivity contribution in [3.63, 3.8) is 0 Å². The van der Waals surface area contributed by atoms with Crippen LogP contribution in [0.5, 0.6) is 23.0 Å². The van der Waals surface area contributed by atoms with E-state index in [1.807, 2.05) is 12.1 Å². The molecule has 2 rings (SSSR count). The lowest BCUT2D eigenvalue weighted by atomic mass is 9.83. The van der Waals surface area contributed by atoms with Gasteiger partial charge in [-0.2, -0.15) is 0 Å². The van der Waals surface area contributed by atoms with Gasteiger partial charge in [0.15, 0.2) is 23.0 Å². The topological polar surface area (TPSA) is 107 Å². The van der Waals surface area contributed by atoms with E-state index in [9.17, 15) is 25.2 Å². The van der Waals surface area contributed by atoms with Crippen molar-refractivity contribution in [2.75, 3.05) is 7.11 Å². The third-order valence-corrected chi connectivity index (χ3v) is 6.72. The van der Waals surface area contributed by atoms with Crippen molar-refractivity contribution in [2.24, 2.45) is 11.8 Å². The zero-order valence-electron chi connectivity index (χ0n) is 21.5. The molecule has 6 heteroatoms. The van der Waals surface area contributed by atoms with Gasteiger partial charge in [-0.15, -0.1) is 0 Å². The van der Waals surface area contributed by atoms with Crippen LogP contribution in [0.15, 0.2) is 36.4 Å². The second-order valence-electron chi connectivity index (χ2n) is 10.1. The number of rotatable bonds is 15. The van der Waals surface area contributed by atoms with Gasteiger partial charge in [-0.3, -0.25) is 4.79 Å². The molecule has 0 aliphatic carbocycles. The van der Waals surface area contributed by atoms with Crippen LogP contribution in [0.4, 0.5) is 0 Å². The second kappa shape index (κ2) is 14.0. The van der Waals surface area contributed by atoms with Gasteiger partial charge in [0.1, 0.15) is 5.78 Å².